The summed E-state index contributed by atoms with van der Waals surface area (Å²) in [4.78, 5) is 0. The highest BCUT2D eigenvalue weighted by atomic mass is 35.5. The van der Waals surface area contributed by atoms with Gasteiger partial charge < -0.3 is 4.74 Å². The number of fused-ring (bicyclic) bond motifs is 1. The Hall–Kier alpha value is -1.47. The van der Waals surface area contributed by atoms with Crippen LogP contribution in [-0.2, 0) is 6.42 Å². The molecular weight excluding hydrogens is 220 g/mol. The molecule has 1 nitrogen and oxygen atoms in total. The Balaban J connectivity index is 1.91. The van der Waals surface area contributed by atoms with Crippen LogP contribution >= 0.6 is 11.6 Å². The third kappa shape index (κ3) is 1.68. The summed E-state index contributed by atoms with van der Waals surface area (Å²) in [5, 5.41) is 0.774. The largest absolute Gasteiger partial charge is 0.485 e. The van der Waals surface area contributed by atoms with Crippen molar-refractivity contribution in [3.63, 3.8) is 0 Å². The van der Waals surface area contributed by atoms with Crippen LogP contribution in [0.2, 0.25) is 5.02 Å². The van der Waals surface area contributed by atoms with Crippen molar-refractivity contribution in [2.75, 3.05) is 0 Å². The normalized spacial score (nSPS) is 17.9. The Bertz CT molecular complexity index is 507. The minimum atomic E-state index is 0.134. The maximum absolute atomic E-state index is 5.96. The van der Waals surface area contributed by atoms with Gasteiger partial charge in [-0.05, 0) is 29.3 Å². The van der Waals surface area contributed by atoms with Gasteiger partial charge in [-0.3, -0.25) is 0 Å². The highest BCUT2D eigenvalue weighted by Gasteiger charge is 2.23. The first-order valence-electron chi connectivity index (χ1n) is 5.33. The maximum Gasteiger partial charge on any atom is 0.128 e. The van der Waals surface area contributed by atoms with Crippen molar-refractivity contribution in [1.29, 1.82) is 0 Å². The molecule has 1 unspecified atom stereocenters. The number of hydrogen-bond acceptors (Lipinski definition) is 1. The van der Waals surface area contributed by atoms with Crippen molar-refractivity contribution < 1.29 is 4.74 Å². The Morgan fingerprint density at radius 3 is 2.69 bits per heavy atom. The van der Waals surface area contributed by atoms with Crippen LogP contribution in [0.5, 0.6) is 5.75 Å². The van der Waals surface area contributed by atoms with E-state index in [1.165, 1.54) is 11.1 Å². The SMILES string of the molecule is Clc1ccc2c(c1)CC(c1ccccc1)O2. The van der Waals surface area contributed by atoms with Crippen LogP contribution in [0.1, 0.15) is 17.2 Å². The standard InChI is InChI=1S/C14H11ClO/c15-12-6-7-13-11(8-12)9-14(16-13)10-4-2-1-3-5-10/h1-8,14H,9H2. The van der Waals surface area contributed by atoms with E-state index in [-0.39, 0.29) is 6.10 Å². The molecule has 2 aromatic carbocycles. The lowest BCUT2D eigenvalue weighted by Crippen LogP contribution is -2.02. The monoisotopic (exact) mass is 230 g/mol. The third-order valence-corrected chi connectivity index (χ3v) is 3.10. The Kier molecular flexibility index (Phi) is 2.33. The van der Waals surface area contributed by atoms with Crippen molar-refractivity contribution in [3.05, 3.63) is 64.7 Å². The maximum atomic E-state index is 5.96. The zero-order valence-electron chi connectivity index (χ0n) is 8.69. The van der Waals surface area contributed by atoms with E-state index in [4.69, 9.17) is 16.3 Å². The van der Waals surface area contributed by atoms with Crippen molar-refractivity contribution in [2.24, 2.45) is 0 Å². The van der Waals surface area contributed by atoms with Gasteiger partial charge in [0.15, 0.2) is 0 Å². The summed E-state index contributed by atoms with van der Waals surface area (Å²) in [5.41, 5.74) is 2.41. The van der Waals surface area contributed by atoms with Gasteiger partial charge in [-0.2, -0.15) is 0 Å². The molecule has 0 radical (unpaired) electrons. The number of halogens is 1. The molecule has 0 saturated carbocycles. The number of ether oxygens (including phenoxy) is 1. The van der Waals surface area contributed by atoms with Gasteiger partial charge in [0, 0.05) is 11.4 Å². The first-order chi connectivity index (χ1) is 7.83. The van der Waals surface area contributed by atoms with E-state index in [0.29, 0.717) is 0 Å². The lowest BCUT2D eigenvalue weighted by Gasteiger charge is -2.10. The molecule has 0 aliphatic carbocycles. The molecule has 0 saturated heterocycles. The van der Waals surface area contributed by atoms with Crippen LogP contribution in [0, 0.1) is 0 Å². The molecule has 0 bridgehead atoms. The molecule has 1 heterocycles. The molecule has 1 atom stereocenters. The van der Waals surface area contributed by atoms with E-state index in [1.807, 2.05) is 36.4 Å². The summed E-state index contributed by atoms with van der Waals surface area (Å²) < 4.78 is 5.89. The molecule has 2 aromatic rings. The van der Waals surface area contributed by atoms with Crippen LogP contribution in [0.3, 0.4) is 0 Å². The van der Waals surface area contributed by atoms with Gasteiger partial charge in [-0.25, -0.2) is 0 Å². The van der Waals surface area contributed by atoms with Gasteiger partial charge >= 0.3 is 0 Å². The van der Waals surface area contributed by atoms with Crippen LogP contribution in [-0.4, -0.2) is 0 Å². The van der Waals surface area contributed by atoms with Crippen molar-refractivity contribution in [2.45, 2.75) is 12.5 Å². The Morgan fingerprint density at radius 1 is 1.06 bits per heavy atom. The minimum Gasteiger partial charge on any atom is -0.485 e. The van der Waals surface area contributed by atoms with Gasteiger partial charge in [0.1, 0.15) is 11.9 Å². The van der Waals surface area contributed by atoms with E-state index in [2.05, 4.69) is 12.1 Å². The van der Waals surface area contributed by atoms with Crippen molar-refractivity contribution in [3.8, 4) is 5.75 Å². The molecular formula is C14H11ClO. The fraction of sp³-hybridized carbons (Fsp3) is 0.143. The molecule has 1 aliphatic rings. The average molecular weight is 231 g/mol. The summed E-state index contributed by atoms with van der Waals surface area (Å²) in [6.45, 7) is 0. The summed E-state index contributed by atoms with van der Waals surface area (Å²) in [5.74, 6) is 0.957. The Morgan fingerprint density at radius 2 is 1.88 bits per heavy atom. The van der Waals surface area contributed by atoms with Crippen LogP contribution in [0.15, 0.2) is 48.5 Å². The minimum absolute atomic E-state index is 0.134. The van der Waals surface area contributed by atoms with Crippen LogP contribution in [0.4, 0.5) is 0 Å². The van der Waals surface area contributed by atoms with E-state index >= 15 is 0 Å². The van der Waals surface area contributed by atoms with E-state index in [0.717, 1.165) is 17.2 Å². The lowest BCUT2D eigenvalue weighted by atomic mass is 10.0. The number of rotatable bonds is 1. The van der Waals surface area contributed by atoms with Gasteiger partial charge in [0.25, 0.3) is 0 Å². The topological polar surface area (TPSA) is 9.23 Å². The lowest BCUT2D eigenvalue weighted by molar-refractivity contribution is 0.238. The van der Waals surface area contributed by atoms with Gasteiger partial charge in [0.2, 0.25) is 0 Å². The molecule has 0 fully saturated rings. The molecule has 0 aromatic heterocycles. The van der Waals surface area contributed by atoms with E-state index in [1.54, 1.807) is 0 Å². The quantitative estimate of drug-likeness (QED) is 0.719. The summed E-state index contributed by atoms with van der Waals surface area (Å²) >= 11 is 5.96. The average Bonchev–Trinajstić information content (AvgIpc) is 2.73. The summed E-state index contributed by atoms with van der Waals surface area (Å²) in [7, 11) is 0. The molecule has 2 heteroatoms. The predicted molar refractivity (Wildman–Crippen MR) is 65.0 cm³/mol. The van der Waals surface area contributed by atoms with Gasteiger partial charge in [-0.15, -0.1) is 0 Å². The van der Waals surface area contributed by atoms with Crippen LogP contribution in [0.25, 0.3) is 0 Å². The van der Waals surface area contributed by atoms with Crippen molar-refractivity contribution >= 4 is 11.6 Å². The molecule has 1 aliphatic heterocycles. The Labute approximate surface area is 99.6 Å². The second-order valence-corrected chi connectivity index (χ2v) is 4.41. The molecule has 16 heavy (non-hydrogen) atoms. The first kappa shape index (κ1) is 9.73. The highest BCUT2D eigenvalue weighted by molar-refractivity contribution is 6.30. The van der Waals surface area contributed by atoms with Crippen molar-refractivity contribution in [1.82, 2.24) is 0 Å². The van der Waals surface area contributed by atoms with Gasteiger partial charge in [-0.1, -0.05) is 41.9 Å². The molecule has 0 spiro atoms. The summed E-state index contributed by atoms with van der Waals surface area (Å²) in [6.07, 6.45) is 1.04. The first-order valence-corrected chi connectivity index (χ1v) is 5.71. The molecule has 80 valence electrons. The zero-order valence-corrected chi connectivity index (χ0v) is 9.45. The molecule has 0 amide bonds. The summed E-state index contributed by atoms with van der Waals surface area (Å²) in [6, 6.07) is 16.1. The van der Waals surface area contributed by atoms with Crippen LogP contribution < -0.4 is 4.74 Å². The third-order valence-electron chi connectivity index (χ3n) is 2.87. The second-order valence-electron chi connectivity index (χ2n) is 3.97. The molecule has 3 rings (SSSR count). The number of hydrogen-bond donors (Lipinski definition) is 0. The zero-order chi connectivity index (χ0) is 11.0. The second kappa shape index (κ2) is 3.84. The fourth-order valence-electron chi connectivity index (χ4n) is 2.07. The predicted octanol–water partition coefficient (Wildman–Crippen LogP) is 4.02. The fourth-order valence-corrected chi connectivity index (χ4v) is 2.27. The van der Waals surface area contributed by atoms with Gasteiger partial charge in [0.05, 0.1) is 0 Å². The number of benzene rings is 2. The highest BCUT2D eigenvalue weighted by Crippen LogP contribution is 2.37. The molecule has 0 N–H and O–H groups in total. The smallest absolute Gasteiger partial charge is 0.128 e. The van der Waals surface area contributed by atoms with E-state index in [9.17, 15) is 0 Å². The van der Waals surface area contributed by atoms with E-state index < -0.39 is 0 Å².